The molecule has 1 atom stereocenters. The highest BCUT2D eigenvalue weighted by Gasteiger charge is 2.36. The first-order valence-electron chi connectivity index (χ1n) is 14.4. The number of aromatic nitrogens is 1. The number of esters is 1. The van der Waals surface area contributed by atoms with Gasteiger partial charge >= 0.3 is 12.1 Å². The number of hydrogen-bond donors (Lipinski definition) is 0. The van der Waals surface area contributed by atoms with Gasteiger partial charge in [-0.25, -0.2) is 9.79 Å². The quantitative estimate of drug-likeness (QED) is 0.183. The number of carbonyl (C=O) groups excluding carboxylic acids is 1. The summed E-state index contributed by atoms with van der Waals surface area (Å²) in [6, 6.07) is 21.2. The maximum Gasteiger partial charge on any atom is 0.416 e. The fourth-order valence-electron chi connectivity index (χ4n) is 5.34. The van der Waals surface area contributed by atoms with E-state index in [4.69, 9.17) is 23.6 Å². The standard InChI is InChI=1S/C35H27F3N2O6S/c1-4-45-33(42)29-30(20-9-6-5-7-10-20)39-34-40(31(29)22-13-15-26(43-2)27(18-22)44-3)32(41)28(47-34)19-24-14-16-25(46-24)21-11-8-12-23(17-21)35(36,37)38/h5-19,31H,4H2,1-3H3/b28-19+. The van der Waals surface area contributed by atoms with Crippen LogP contribution in [0.15, 0.2) is 105 Å². The van der Waals surface area contributed by atoms with Crippen LogP contribution in [-0.2, 0) is 15.7 Å². The number of rotatable bonds is 8. The number of ether oxygens (including phenoxy) is 3. The van der Waals surface area contributed by atoms with Crippen LogP contribution in [0.4, 0.5) is 13.2 Å². The lowest BCUT2D eigenvalue weighted by atomic mass is 9.93. The second-order valence-corrected chi connectivity index (χ2v) is 11.3. The van der Waals surface area contributed by atoms with E-state index in [0.29, 0.717) is 33.1 Å². The summed E-state index contributed by atoms with van der Waals surface area (Å²) in [5.74, 6) is 0.669. The van der Waals surface area contributed by atoms with Gasteiger partial charge in [-0.1, -0.05) is 59.9 Å². The molecule has 0 N–H and O–H groups in total. The predicted molar refractivity (Wildman–Crippen MR) is 170 cm³/mol. The molecule has 0 radical (unpaired) electrons. The molecule has 240 valence electrons. The molecule has 47 heavy (non-hydrogen) atoms. The van der Waals surface area contributed by atoms with E-state index >= 15 is 0 Å². The summed E-state index contributed by atoms with van der Waals surface area (Å²) in [5, 5.41) is 0. The van der Waals surface area contributed by atoms with Crippen molar-refractivity contribution in [3.8, 4) is 22.8 Å². The van der Waals surface area contributed by atoms with E-state index in [1.54, 1.807) is 31.2 Å². The summed E-state index contributed by atoms with van der Waals surface area (Å²) in [4.78, 5) is 33.0. The molecular formula is C35H27F3N2O6S. The highest BCUT2D eigenvalue weighted by atomic mass is 32.1. The summed E-state index contributed by atoms with van der Waals surface area (Å²) in [5.41, 5.74) is 0.681. The van der Waals surface area contributed by atoms with E-state index < -0.39 is 29.3 Å². The molecule has 0 bridgehead atoms. The molecule has 0 aliphatic carbocycles. The first kappa shape index (κ1) is 31.6. The minimum absolute atomic E-state index is 0.0974. The van der Waals surface area contributed by atoms with Crippen LogP contribution >= 0.6 is 11.3 Å². The van der Waals surface area contributed by atoms with Crippen molar-refractivity contribution in [2.24, 2.45) is 4.99 Å². The van der Waals surface area contributed by atoms with Gasteiger partial charge < -0.3 is 18.6 Å². The monoisotopic (exact) mass is 660 g/mol. The highest BCUT2D eigenvalue weighted by Crippen LogP contribution is 2.38. The van der Waals surface area contributed by atoms with Crippen molar-refractivity contribution >= 4 is 29.1 Å². The van der Waals surface area contributed by atoms with Crippen molar-refractivity contribution in [1.82, 2.24) is 4.57 Å². The molecule has 0 amide bonds. The lowest BCUT2D eigenvalue weighted by Gasteiger charge is -2.26. The second-order valence-electron chi connectivity index (χ2n) is 10.3. The number of alkyl halides is 3. The van der Waals surface area contributed by atoms with Crippen LogP contribution in [0.2, 0.25) is 0 Å². The molecule has 8 nitrogen and oxygen atoms in total. The molecule has 5 aromatic rings. The van der Waals surface area contributed by atoms with Crippen molar-refractivity contribution in [3.63, 3.8) is 0 Å². The van der Waals surface area contributed by atoms with E-state index in [1.807, 2.05) is 30.3 Å². The van der Waals surface area contributed by atoms with Crippen LogP contribution in [0.25, 0.3) is 23.1 Å². The molecule has 0 saturated carbocycles. The normalized spacial score (nSPS) is 14.9. The van der Waals surface area contributed by atoms with Gasteiger partial charge in [0.15, 0.2) is 16.3 Å². The molecule has 1 aliphatic heterocycles. The van der Waals surface area contributed by atoms with E-state index in [1.165, 1.54) is 43.1 Å². The zero-order valence-corrected chi connectivity index (χ0v) is 26.1. The zero-order chi connectivity index (χ0) is 33.3. The van der Waals surface area contributed by atoms with Crippen LogP contribution in [0.1, 0.15) is 35.4 Å². The Morgan fingerprint density at radius 2 is 1.70 bits per heavy atom. The summed E-state index contributed by atoms with van der Waals surface area (Å²) in [6.07, 6.45) is -3.01. The number of hydrogen-bond acceptors (Lipinski definition) is 8. The summed E-state index contributed by atoms with van der Waals surface area (Å²) in [7, 11) is 2.99. The highest BCUT2D eigenvalue weighted by molar-refractivity contribution is 7.07. The molecule has 0 spiro atoms. The Kier molecular flexibility index (Phi) is 8.61. The maximum absolute atomic E-state index is 14.2. The van der Waals surface area contributed by atoms with Gasteiger partial charge in [-0.3, -0.25) is 9.36 Å². The van der Waals surface area contributed by atoms with E-state index in [2.05, 4.69) is 0 Å². The summed E-state index contributed by atoms with van der Waals surface area (Å²) < 4.78 is 63.9. The van der Waals surface area contributed by atoms with Gasteiger partial charge in [0.05, 0.1) is 48.2 Å². The largest absolute Gasteiger partial charge is 0.493 e. The second kappa shape index (κ2) is 12.8. The van der Waals surface area contributed by atoms with Gasteiger partial charge in [0, 0.05) is 17.2 Å². The lowest BCUT2D eigenvalue weighted by molar-refractivity contribution is -0.139. The third kappa shape index (κ3) is 6.11. The number of nitrogens with zero attached hydrogens (tertiary/aromatic N) is 2. The van der Waals surface area contributed by atoms with Crippen molar-refractivity contribution in [2.75, 3.05) is 20.8 Å². The first-order chi connectivity index (χ1) is 22.6. The third-order valence-electron chi connectivity index (χ3n) is 7.47. The fraction of sp³-hybridized carbons (Fsp3) is 0.171. The number of benzene rings is 3. The molecule has 2 aromatic heterocycles. The Bertz CT molecular complexity index is 2180. The average Bonchev–Trinajstić information content (AvgIpc) is 3.67. The maximum atomic E-state index is 14.2. The van der Waals surface area contributed by atoms with E-state index in [-0.39, 0.29) is 33.8 Å². The van der Waals surface area contributed by atoms with Gasteiger partial charge in [0.2, 0.25) is 0 Å². The Morgan fingerprint density at radius 3 is 2.40 bits per heavy atom. The molecule has 3 heterocycles. The van der Waals surface area contributed by atoms with Crippen LogP contribution in [-0.4, -0.2) is 31.4 Å². The Morgan fingerprint density at radius 1 is 0.957 bits per heavy atom. The molecule has 3 aromatic carbocycles. The predicted octanol–water partition coefficient (Wildman–Crippen LogP) is 6.23. The Balaban J connectivity index is 1.55. The topological polar surface area (TPSA) is 92.3 Å². The number of thiazole rings is 1. The molecule has 6 rings (SSSR count). The van der Waals surface area contributed by atoms with E-state index in [9.17, 15) is 22.8 Å². The number of furan rings is 1. The molecule has 1 unspecified atom stereocenters. The van der Waals surface area contributed by atoms with Crippen molar-refractivity contribution in [2.45, 2.75) is 19.1 Å². The molecule has 1 aliphatic rings. The molecule has 0 fully saturated rings. The minimum atomic E-state index is -4.51. The Labute approximate surface area is 270 Å². The summed E-state index contributed by atoms with van der Waals surface area (Å²) >= 11 is 1.09. The fourth-order valence-corrected chi connectivity index (χ4v) is 6.32. The SMILES string of the molecule is CCOC(=O)C1=C(c2ccccc2)N=c2s/c(=C/c3ccc(-c4cccc(C(F)(F)F)c4)o3)c(=O)n2C1c1ccc(OC)c(OC)c1. The molecular weight excluding hydrogens is 633 g/mol. The van der Waals surface area contributed by atoms with Crippen LogP contribution in [0, 0.1) is 0 Å². The van der Waals surface area contributed by atoms with Crippen LogP contribution in [0.5, 0.6) is 11.5 Å². The molecule has 0 saturated heterocycles. The number of fused-ring (bicyclic) bond motifs is 1. The van der Waals surface area contributed by atoms with Gasteiger partial charge in [-0.05, 0) is 48.9 Å². The number of carbonyl (C=O) groups is 1. The van der Waals surface area contributed by atoms with Crippen molar-refractivity contribution < 1.29 is 36.6 Å². The molecule has 12 heteroatoms. The Hall–Kier alpha value is -5.36. The van der Waals surface area contributed by atoms with Gasteiger partial charge in [-0.2, -0.15) is 13.2 Å². The average molecular weight is 661 g/mol. The van der Waals surface area contributed by atoms with Crippen LogP contribution < -0.4 is 24.4 Å². The number of halogens is 3. The summed E-state index contributed by atoms with van der Waals surface area (Å²) in [6.45, 7) is 1.79. The first-order valence-corrected chi connectivity index (χ1v) is 15.2. The number of methoxy groups -OCH3 is 2. The smallest absolute Gasteiger partial charge is 0.416 e. The van der Waals surface area contributed by atoms with E-state index in [0.717, 1.165) is 23.5 Å². The lowest BCUT2D eigenvalue weighted by Crippen LogP contribution is -2.40. The van der Waals surface area contributed by atoms with Crippen molar-refractivity contribution in [1.29, 1.82) is 0 Å². The zero-order valence-electron chi connectivity index (χ0n) is 25.3. The van der Waals surface area contributed by atoms with Gasteiger partial charge in [0.1, 0.15) is 11.5 Å². The van der Waals surface area contributed by atoms with Crippen LogP contribution in [0.3, 0.4) is 0 Å². The third-order valence-corrected chi connectivity index (χ3v) is 8.45. The minimum Gasteiger partial charge on any atom is -0.493 e. The van der Waals surface area contributed by atoms with Crippen molar-refractivity contribution in [3.05, 3.63) is 133 Å². The van der Waals surface area contributed by atoms with Gasteiger partial charge in [0.25, 0.3) is 5.56 Å². The van der Waals surface area contributed by atoms with Gasteiger partial charge in [-0.15, -0.1) is 0 Å².